The van der Waals surface area contributed by atoms with Gasteiger partial charge in [0.15, 0.2) is 0 Å². The molecular formula is C5H3Cl2F7. The Balaban J connectivity index is 5.29. The molecule has 0 rings (SSSR count). The molecule has 0 bridgehead atoms. The first-order chi connectivity index (χ1) is 5.98. The SMILES string of the molecule is FCC(Cl)C(Cl)(C(F)(F)F)C(F)(F)F. The molecule has 0 fully saturated rings. The summed E-state index contributed by atoms with van der Waals surface area (Å²) in [5.74, 6) is 0. The zero-order chi connectivity index (χ0) is 11.8. The topological polar surface area (TPSA) is 0 Å². The molecule has 1 atom stereocenters. The summed E-state index contributed by atoms with van der Waals surface area (Å²) in [6.45, 7) is -2.04. The molecule has 0 nitrogen and oxygen atoms in total. The van der Waals surface area contributed by atoms with Crippen molar-refractivity contribution >= 4 is 23.2 Å². The van der Waals surface area contributed by atoms with Crippen LogP contribution in [0.4, 0.5) is 30.7 Å². The molecule has 1 unspecified atom stereocenters. The van der Waals surface area contributed by atoms with Gasteiger partial charge in [0.25, 0.3) is 4.87 Å². The summed E-state index contributed by atoms with van der Waals surface area (Å²) in [7, 11) is 0. The van der Waals surface area contributed by atoms with Gasteiger partial charge >= 0.3 is 12.4 Å². The van der Waals surface area contributed by atoms with Crippen LogP contribution in [0.25, 0.3) is 0 Å². The van der Waals surface area contributed by atoms with E-state index in [1.807, 2.05) is 0 Å². The molecule has 0 radical (unpaired) electrons. The van der Waals surface area contributed by atoms with Crippen molar-refractivity contribution in [3.05, 3.63) is 0 Å². The van der Waals surface area contributed by atoms with Crippen molar-refractivity contribution in [1.82, 2.24) is 0 Å². The van der Waals surface area contributed by atoms with E-state index in [1.165, 1.54) is 0 Å². The van der Waals surface area contributed by atoms with E-state index in [2.05, 4.69) is 23.2 Å². The average Bonchev–Trinajstić information content (AvgIpc) is 1.97. The van der Waals surface area contributed by atoms with Gasteiger partial charge in [0, 0.05) is 0 Å². The minimum atomic E-state index is -5.87. The highest BCUT2D eigenvalue weighted by Gasteiger charge is 2.73. The molecular weight excluding hydrogens is 264 g/mol. The van der Waals surface area contributed by atoms with Crippen molar-refractivity contribution in [3.63, 3.8) is 0 Å². The largest absolute Gasteiger partial charge is 0.418 e. The summed E-state index contributed by atoms with van der Waals surface area (Å²) in [4.78, 5) is -4.75. The van der Waals surface area contributed by atoms with Gasteiger partial charge in [-0.2, -0.15) is 26.3 Å². The zero-order valence-corrected chi connectivity index (χ0v) is 7.70. The maximum absolute atomic E-state index is 11.9. The first-order valence-electron chi connectivity index (χ1n) is 3.01. The first-order valence-corrected chi connectivity index (χ1v) is 3.82. The number of rotatable bonds is 2. The fourth-order valence-electron chi connectivity index (χ4n) is 0.622. The van der Waals surface area contributed by atoms with Crippen LogP contribution in [0, 0.1) is 0 Å². The lowest BCUT2D eigenvalue weighted by molar-refractivity contribution is -0.268. The third-order valence-corrected chi connectivity index (χ3v) is 2.64. The Bertz CT molecular complexity index is 181. The molecule has 9 heteroatoms. The van der Waals surface area contributed by atoms with E-state index < -0.39 is 29.3 Å². The summed E-state index contributed by atoms with van der Waals surface area (Å²) >= 11 is 8.91. The third-order valence-electron chi connectivity index (χ3n) is 1.39. The van der Waals surface area contributed by atoms with Gasteiger partial charge in [-0.25, -0.2) is 4.39 Å². The second kappa shape index (κ2) is 3.92. The lowest BCUT2D eigenvalue weighted by Gasteiger charge is -2.33. The van der Waals surface area contributed by atoms with Gasteiger partial charge in [0.1, 0.15) is 6.67 Å². The van der Waals surface area contributed by atoms with Gasteiger partial charge in [-0.3, -0.25) is 0 Å². The molecule has 0 aliphatic rings. The Kier molecular flexibility index (Phi) is 3.95. The molecule has 0 aromatic heterocycles. The van der Waals surface area contributed by atoms with E-state index in [9.17, 15) is 30.7 Å². The van der Waals surface area contributed by atoms with Gasteiger partial charge in [0.05, 0.1) is 5.38 Å². The van der Waals surface area contributed by atoms with Crippen LogP contribution >= 0.6 is 23.2 Å². The minimum absolute atomic E-state index is 2.04. The van der Waals surface area contributed by atoms with E-state index in [-0.39, 0.29) is 0 Å². The smallest absolute Gasteiger partial charge is 0.249 e. The van der Waals surface area contributed by atoms with Crippen molar-refractivity contribution in [2.24, 2.45) is 0 Å². The molecule has 14 heavy (non-hydrogen) atoms. The lowest BCUT2D eigenvalue weighted by Crippen LogP contribution is -2.58. The number of hydrogen-bond acceptors (Lipinski definition) is 0. The second-order valence-corrected chi connectivity index (χ2v) is 3.45. The quantitative estimate of drug-likeness (QED) is 0.529. The summed E-state index contributed by atoms with van der Waals surface area (Å²) < 4.78 is 83.3. The number of halogens is 9. The standard InChI is InChI=1S/C5H3Cl2F7/c6-2(1-8)3(7,4(9,10)11)5(12,13)14/h2H,1H2. The predicted octanol–water partition coefficient (Wildman–Crippen LogP) is 3.67. The van der Waals surface area contributed by atoms with E-state index in [0.29, 0.717) is 0 Å². The monoisotopic (exact) mass is 266 g/mol. The predicted molar refractivity (Wildman–Crippen MR) is 36.3 cm³/mol. The normalized spacial score (nSPS) is 16.9. The van der Waals surface area contributed by atoms with E-state index in [4.69, 9.17) is 0 Å². The molecule has 0 spiro atoms. The molecule has 0 aromatic carbocycles. The van der Waals surface area contributed by atoms with Crippen molar-refractivity contribution in [2.75, 3.05) is 6.67 Å². The Hall–Kier alpha value is 0.0900. The fourth-order valence-corrected chi connectivity index (χ4v) is 0.928. The van der Waals surface area contributed by atoms with Gasteiger partial charge in [-0.05, 0) is 0 Å². The van der Waals surface area contributed by atoms with E-state index >= 15 is 0 Å². The van der Waals surface area contributed by atoms with Crippen LogP contribution in [-0.2, 0) is 0 Å². The second-order valence-electron chi connectivity index (χ2n) is 2.33. The van der Waals surface area contributed by atoms with E-state index in [0.717, 1.165) is 0 Å². The van der Waals surface area contributed by atoms with Crippen molar-refractivity contribution < 1.29 is 30.7 Å². The molecule has 86 valence electrons. The molecule has 0 amide bonds. The van der Waals surface area contributed by atoms with Crippen LogP contribution in [-0.4, -0.2) is 29.3 Å². The molecule has 0 aromatic rings. The molecule has 0 saturated heterocycles. The van der Waals surface area contributed by atoms with Gasteiger partial charge in [0.2, 0.25) is 0 Å². The van der Waals surface area contributed by atoms with Crippen molar-refractivity contribution in [2.45, 2.75) is 22.6 Å². The van der Waals surface area contributed by atoms with Crippen molar-refractivity contribution in [3.8, 4) is 0 Å². The fraction of sp³-hybridized carbons (Fsp3) is 1.00. The highest BCUT2D eigenvalue weighted by Crippen LogP contribution is 2.51. The van der Waals surface area contributed by atoms with Crippen LogP contribution in [0.2, 0.25) is 0 Å². The summed E-state index contributed by atoms with van der Waals surface area (Å²) in [6.07, 6.45) is -11.7. The summed E-state index contributed by atoms with van der Waals surface area (Å²) in [5.41, 5.74) is 0. The van der Waals surface area contributed by atoms with Gasteiger partial charge in [-0.15, -0.1) is 11.6 Å². The Morgan fingerprint density at radius 3 is 1.29 bits per heavy atom. The first kappa shape index (κ1) is 14.1. The average molecular weight is 267 g/mol. The van der Waals surface area contributed by atoms with Crippen LogP contribution < -0.4 is 0 Å². The third kappa shape index (κ3) is 2.18. The Morgan fingerprint density at radius 1 is 0.929 bits per heavy atom. The summed E-state index contributed by atoms with van der Waals surface area (Å²) in [6, 6.07) is 0. The number of hydrogen-bond donors (Lipinski definition) is 0. The zero-order valence-electron chi connectivity index (χ0n) is 6.19. The molecule has 0 N–H and O–H groups in total. The molecule has 0 aliphatic heterocycles. The van der Waals surface area contributed by atoms with Gasteiger partial charge < -0.3 is 0 Å². The highest BCUT2D eigenvalue weighted by atomic mass is 35.5. The lowest BCUT2D eigenvalue weighted by atomic mass is 10.0. The minimum Gasteiger partial charge on any atom is -0.249 e. The maximum atomic E-state index is 11.9. The van der Waals surface area contributed by atoms with E-state index in [1.54, 1.807) is 0 Å². The molecule has 0 aliphatic carbocycles. The summed E-state index contributed by atoms with van der Waals surface area (Å²) in [5, 5.41) is -2.91. The van der Waals surface area contributed by atoms with Gasteiger partial charge in [-0.1, -0.05) is 11.6 Å². The maximum Gasteiger partial charge on any atom is 0.418 e. The number of alkyl halides is 9. The Labute approximate surface area is 84.0 Å². The van der Waals surface area contributed by atoms with Crippen LogP contribution in [0.3, 0.4) is 0 Å². The Morgan fingerprint density at radius 2 is 1.21 bits per heavy atom. The van der Waals surface area contributed by atoms with Crippen LogP contribution in [0.15, 0.2) is 0 Å². The molecule has 0 heterocycles. The highest BCUT2D eigenvalue weighted by molar-refractivity contribution is 6.33. The molecule has 0 saturated carbocycles. The van der Waals surface area contributed by atoms with Crippen LogP contribution in [0.5, 0.6) is 0 Å². The van der Waals surface area contributed by atoms with Crippen molar-refractivity contribution in [1.29, 1.82) is 0 Å². The van der Waals surface area contributed by atoms with Crippen LogP contribution in [0.1, 0.15) is 0 Å².